The summed E-state index contributed by atoms with van der Waals surface area (Å²) < 4.78 is 0. The van der Waals surface area contributed by atoms with Crippen molar-refractivity contribution in [3.8, 4) is 0 Å². The van der Waals surface area contributed by atoms with Gasteiger partial charge in [-0.15, -0.1) is 0 Å². The summed E-state index contributed by atoms with van der Waals surface area (Å²) in [5.74, 6) is -0.312. The van der Waals surface area contributed by atoms with Crippen molar-refractivity contribution in [2.24, 2.45) is 0 Å². The summed E-state index contributed by atoms with van der Waals surface area (Å²) in [6.45, 7) is 0. The van der Waals surface area contributed by atoms with E-state index >= 15 is 0 Å². The van der Waals surface area contributed by atoms with Gasteiger partial charge in [0.1, 0.15) is 0 Å². The molecule has 0 fully saturated rings. The Morgan fingerprint density at radius 3 is 2.14 bits per heavy atom. The van der Waals surface area contributed by atoms with Crippen LogP contribution in [-0.4, -0.2) is 11.7 Å². The Morgan fingerprint density at radius 1 is 0.714 bits per heavy atom. The topological polar surface area (TPSA) is 46.2 Å². The quantitative estimate of drug-likeness (QED) is 0.539. The smallest absolute Gasteiger partial charge is 0.255 e. The molecule has 5 heteroatoms. The fourth-order valence-electron chi connectivity index (χ4n) is 3.43. The molecule has 3 nitrogen and oxygen atoms in total. The molecule has 0 heterocycles. The van der Waals surface area contributed by atoms with E-state index < -0.39 is 0 Å². The lowest BCUT2D eigenvalue weighted by Crippen LogP contribution is -2.12. The number of hydrogen-bond acceptors (Lipinski definition) is 2. The zero-order valence-electron chi connectivity index (χ0n) is 15.0. The first-order valence-corrected chi connectivity index (χ1v) is 9.80. The van der Waals surface area contributed by atoms with Gasteiger partial charge in [0.2, 0.25) is 0 Å². The highest BCUT2D eigenvalue weighted by Crippen LogP contribution is 2.25. The van der Waals surface area contributed by atoms with Crippen LogP contribution >= 0.6 is 23.2 Å². The van der Waals surface area contributed by atoms with Gasteiger partial charge >= 0.3 is 0 Å². The predicted octanol–water partition coefficient (Wildman–Crippen LogP) is 5.97. The lowest BCUT2D eigenvalue weighted by Gasteiger charge is -2.08. The number of anilines is 1. The molecule has 0 saturated heterocycles. The Morgan fingerprint density at radius 2 is 1.39 bits per heavy atom. The third-order valence-corrected chi connectivity index (χ3v) is 5.69. The number of carbonyl (C=O) groups excluding carboxylic acids is 2. The number of fused-ring (bicyclic) bond motifs is 1. The highest BCUT2D eigenvalue weighted by Gasteiger charge is 2.15. The van der Waals surface area contributed by atoms with Gasteiger partial charge in [-0.3, -0.25) is 9.59 Å². The number of benzene rings is 3. The molecule has 1 N–H and O–H groups in total. The van der Waals surface area contributed by atoms with Gasteiger partial charge in [0.15, 0.2) is 5.78 Å². The van der Waals surface area contributed by atoms with Gasteiger partial charge in [-0.25, -0.2) is 0 Å². The average molecular weight is 410 g/mol. The molecule has 140 valence electrons. The molecule has 3 aromatic carbocycles. The summed E-state index contributed by atoms with van der Waals surface area (Å²) in [4.78, 5) is 25.1. The molecule has 0 spiro atoms. The average Bonchev–Trinajstić information content (AvgIpc) is 3.18. The summed E-state index contributed by atoms with van der Waals surface area (Å²) in [5.41, 5.74) is 4.92. The van der Waals surface area contributed by atoms with E-state index in [0.717, 1.165) is 19.3 Å². The molecule has 0 bridgehead atoms. The van der Waals surface area contributed by atoms with Crippen molar-refractivity contribution in [3.63, 3.8) is 0 Å². The van der Waals surface area contributed by atoms with Crippen LogP contribution in [0.15, 0.2) is 60.7 Å². The lowest BCUT2D eigenvalue weighted by molar-refractivity contribution is 0.102. The number of rotatable bonds is 4. The van der Waals surface area contributed by atoms with E-state index in [1.807, 2.05) is 12.1 Å². The van der Waals surface area contributed by atoms with E-state index in [1.54, 1.807) is 36.4 Å². The normalized spacial score (nSPS) is 12.5. The number of hydrogen-bond donors (Lipinski definition) is 1. The van der Waals surface area contributed by atoms with Gasteiger partial charge in [-0.1, -0.05) is 35.3 Å². The first-order valence-electron chi connectivity index (χ1n) is 9.04. The Balaban J connectivity index is 1.48. The molecule has 0 aromatic heterocycles. The van der Waals surface area contributed by atoms with Gasteiger partial charge in [0, 0.05) is 22.4 Å². The molecule has 3 aromatic rings. The second kappa shape index (κ2) is 7.78. The first-order chi connectivity index (χ1) is 13.5. The number of halogens is 2. The molecule has 0 radical (unpaired) electrons. The van der Waals surface area contributed by atoms with Crippen molar-refractivity contribution in [1.82, 2.24) is 0 Å². The van der Waals surface area contributed by atoms with Crippen LogP contribution in [0.5, 0.6) is 0 Å². The van der Waals surface area contributed by atoms with Crippen LogP contribution in [0.1, 0.15) is 43.8 Å². The maximum absolute atomic E-state index is 12.8. The first kappa shape index (κ1) is 18.7. The zero-order valence-corrected chi connectivity index (χ0v) is 16.5. The molecule has 1 aliphatic rings. The Kier molecular flexibility index (Phi) is 5.21. The van der Waals surface area contributed by atoms with Gasteiger partial charge in [0.25, 0.3) is 5.91 Å². The lowest BCUT2D eigenvalue weighted by atomic mass is 9.99. The van der Waals surface area contributed by atoms with Crippen LogP contribution in [0.25, 0.3) is 0 Å². The fraction of sp³-hybridized carbons (Fsp3) is 0.130. The highest BCUT2D eigenvalue weighted by molar-refractivity contribution is 6.42. The van der Waals surface area contributed by atoms with E-state index in [0.29, 0.717) is 32.4 Å². The van der Waals surface area contributed by atoms with E-state index in [2.05, 4.69) is 11.4 Å². The van der Waals surface area contributed by atoms with Crippen molar-refractivity contribution in [1.29, 1.82) is 0 Å². The maximum Gasteiger partial charge on any atom is 0.255 e. The molecule has 4 rings (SSSR count). The largest absolute Gasteiger partial charge is 0.322 e. The molecule has 0 aliphatic heterocycles. The zero-order chi connectivity index (χ0) is 19.7. The van der Waals surface area contributed by atoms with Crippen molar-refractivity contribution >= 4 is 40.6 Å². The number of nitrogens with one attached hydrogen (secondary N) is 1. The van der Waals surface area contributed by atoms with Crippen molar-refractivity contribution in [2.75, 3.05) is 5.32 Å². The molecule has 28 heavy (non-hydrogen) atoms. The van der Waals surface area contributed by atoms with E-state index in [4.69, 9.17) is 23.2 Å². The van der Waals surface area contributed by atoms with Gasteiger partial charge in [0.05, 0.1) is 10.0 Å². The maximum atomic E-state index is 12.8. The number of carbonyl (C=O) groups is 2. The Hall–Kier alpha value is -2.62. The van der Waals surface area contributed by atoms with Gasteiger partial charge < -0.3 is 5.32 Å². The second-order valence-corrected chi connectivity index (χ2v) is 7.64. The molecule has 0 unspecified atom stereocenters. The van der Waals surface area contributed by atoms with Crippen molar-refractivity contribution in [2.45, 2.75) is 19.3 Å². The number of ketones is 1. The predicted molar refractivity (Wildman–Crippen MR) is 113 cm³/mol. The molecular formula is C23H17Cl2NO2. The Bertz CT molecular complexity index is 1070. The molecule has 1 aliphatic carbocycles. The van der Waals surface area contributed by atoms with Crippen LogP contribution in [0, 0.1) is 0 Å². The van der Waals surface area contributed by atoms with Crippen LogP contribution in [0.2, 0.25) is 10.0 Å². The SMILES string of the molecule is O=C(Nc1ccc(C(=O)c2ccc3c(c2)CCC3)cc1)c1ccc(Cl)c(Cl)c1. The molecule has 1 amide bonds. The van der Waals surface area contributed by atoms with E-state index in [9.17, 15) is 9.59 Å². The molecule has 0 atom stereocenters. The van der Waals surface area contributed by atoms with Crippen LogP contribution in [-0.2, 0) is 12.8 Å². The fourth-order valence-corrected chi connectivity index (χ4v) is 3.72. The van der Waals surface area contributed by atoms with Crippen LogP contribution < -0.4 is 5.32 Å². The monoisotopic (exact) mass is 409 g/mol. The minimum atomic E-state index is -0.295. The third-order valence-electron chi connectivity index (χ3n) is 4.95. The molecule has 0 saturated carbocycles. The number of amides is 1. The summed E-state index contributed by atoms with van der Waals surface area (Å²) >= 11 is 11.8. The minimum Gasteiger partial charge on any atom is -0.322 e. The molecular weight excluding hydrogens is 393 g/mol. The second-order valence-electron chi connectivity index (χ2n) is 6.83. The highest BCUT2D eigenvalue weighted by atomic mass is 35.5. The Labute approximate surface area is 173 Å². The summed E-state index contributed by atoms with van der Waals surface area (Å²) in [7, 11) is 0. The van der Waals surface area contributed by atoms with Gasteiger partial charge in [-0.2, -0.15) is 0 Å². The van der Waals surface area contributed by atoms with E-state index in [1.165, 1.54) is 17.2 Å². The van der Waals surface area contributed by atoms with Crippen LogP contribution in [0.3, 0.4) is 0 Å². The standard InChI is InChI=1S/C23H17Cl2NO2/c24-20-11-8-18(13-21(20)25)23(28)26-19-9-6-15(7-10-19)22(27)17-5-4-14-2-1-3-16(14)12-17/h4-13H,1-3H2,(H,26,28). The minimum absolute atomic E-state index is 0.0166. The van der Waals surface area contributed by atoms with Crippen molar-refractivity contribution < 1.29 is 9.59 Å². The van der Waals surface area contributed by atoms with Crippen LogP contribution in [0.4, 0.5) is 5.69 Å². The van der Waals surface area contributed by atoms with E-state index in [-0.39, 0.29) is 11.7 Å². The summed E-state index contributed by atoms with van der Waals surface area (Å²) in [5, 5.41) is 3.51. The van der Waals surface area contributed by atoms with Gasteiger partial charge in [-0.05, 0) is 78.9 Å². The summed E-state index contributed by atoms with van der Waals surface area (Å²) in [6, 6.07) is 17.5. The number of aryl methyl sites for hydroxylation is 2. The third kappa shape index (κ3) is 3.82. The summed E-state index contributed by atoms with van der Waals surface area (Å²) in [6.07, 6.45) is 3.29. The van der Waals surface area contributed by atoms with Crippen molar-refractivity contribution in [3.05, 3.63) is 98.5 Å².